The maximum Gasteiger partial charge on any atom is 0.311 e. The second-order valence-electron chi connectivity index (χ2n) is 5.10. The summed E-state index contributed by atoms with van der Waals surface area (Å²) in [6, 6.07) is 7.01. The summed E-state index contributed by atoms with van der Waals surface area (Å²) >= 11 is 0. The molecule has 1 aromatic carbocycles. The van der Waals surface area contributed by atoms with Crippen LogP contribution in [-0.2, 0) is 19.1 Å². The molecule has 0 saturated carbocycles. The summed E-state index contributed by atoms with van der Waals surface area (Å²) in [5.41, 5.74) is 0.808. The molecule has 2 atom stereocenters. The SMILES string of the molecule is COCCN1C(=O)CC(C(=O)OC)C1c1ccccc1OC. The lowest BCUT2D eigenvalue weighted by Crippen LogP contribution is -2.33. The average Bonchev–Trinajstić information content (AvgIpc) is 2.88. The second-order valence-corrected chi connectivity index (χ2v) is 5.10. The van der Waals surface area contributed by atoms with Crippen LogP contribution in [0.2, 0.25) is 0 Å². The van der Waals surface area contributed by atoms with Crippen molar-refractivity contribution >= 4 is 11.9 Å². The van der Waals surface area contributed by atoms with Crippen LogP contribution in [0.5, 0.6) is 5.75 Å². The van der Waals surface area contributed by atoms with Gasteiger partial charge >= 0.3 is 5.97 Å². The molecule has 0 radical (unpaired) electrons. The molecular formula is C16H21NO5. The molecule has 1 fully saturated rings. The smallest absolute Gasteiger partial charge is 0.311 e. The molecule has 1 saturated heterocycles. The van der Waals surface area contributed by atoms with E-state index < -0.39 is 12.0 Å². The summed E-state index contributed by atoms with van der Waals surface area (Å²) in [6.07, 6.45) is 0.138. The number of carbonyl (C=O) groups is 2. The molecule has 0 aromatic heterocycles. The van der Waals surface area contributed by atoms with E-state index in [2.05, 4.69) is 0 Å². The van der Waals surface area contributed by atoms with Gasteiger partial charge in [0, 0.05) is 25.6 Å². The van der Waals surface area contributed by atoms with E-state index in [4.69, 9.17) is 14.2 Å². The number of hydrogen-bond acceptors (Lipinski definition) is 5. The topological polar surface area (TPSA) is 65.1 Å². The van der Waals surface area contributed by atoms with E-state index in [-0.39, 0.29) is 18.3 Å². The summed E-state index contributed by atoms with van der Waals surface area (Å²) < 4.78 is 15.3. The Morgan fingerprint density at radius 1 is 1.27 bits per heavy atom. The van der Waals surface area contributed by atoms with E-state index in [0.29, 0.717) is 18.9 Å². The van der Waals surface area contributed by atoms with Crippen molar-refractivity contribution < 1.29 is 23.8 Å². The first-order valence-corrected chi connectivity index (χ1v) is 7.13. The van der Waals surface area contributed by atoms with Crippen LogP contribution in [-0.4, -0.2) is 51.3 Å². The van der Waals surface area contributed by atoms with Crippen LogP contribution in [0.25, 0.3) is 0 Å². The number of amides is 1. The van der Waals surface area contributed by atoms with E-state index in [9.17, 15) is 9.59 Å². The lowest BCUT2D eigenvalue weighted by Gasteiger charge is -2.28. The number of carbonyl (C=O) groups excluding carboxylic acids is 2. The Bertz CT molecular complexity index is 545. The van der Waals surface area contributed by atoms with Crippen molar-refractivity contribution in [2.24, 2.45) is 5.92 Å². The maximum atomic E-state index is 12.3. The van der Waals surface area contributed by atoms with Crippen LogP contribution in [0.3, 0.4) is 0 Å². The number of nitrogens with zero attached hydrogens (tertiary/aromatic N) is 1. The van der Waals surface area contributed by atoms with Crippen molar-refractivity contribution in [2.75, 3.05) is 34.5 Å². The zero-order valence-electron chi connectivity index (χ0n) is 13.1. The molecule has 1 aliphatic heterocycles. The molecule has 2 unspecified atom stereocenters. The summed E-state index contributed by atoms with van der Waals surface area (Å²) in [5, 5.41) is 0. The number of hydrogen-bond donors (Lipinski definition) is 0. The van der Waals surface area contributed by atoms with Gasteiger partial charge in [0.1, 0.15) is 5.75 Å². The first-order chi connectivity index (χ1) is 10.6. The summed E-state index contributed by atoms with van der Waals surface area (Å²) in [4.78, 5) is 26.1. The van der Waals surface area contributed by atoms with E-state index in [0.717, 1.165) is 5.56 Å². The van der Waals surface area contributed by atoms with Gasteiger partial charge < -0.3 is 19.1 Å². The Hall–Kier alpha value is -2.08. The number of likely N-dealkylation sites (tertiary alicyclic amines) is 1. The lowest BCUT2D eigenvalue weighted by molar-refractivity contribution is -0.146. The predicted molar refractivity (Wildman–Crippen MR) is 79.4 cm³/mol. The zero-order chi connectivity index (χ0) is 16.1. The minimum absolute atomic E-state index is 0.0802. The third kappa shape index (κ3) is 3.06. The van der Waals surface area contributed by atoms with Gasteiger partial charge in [-0.05, 0) is 6.07 Å². The van der Waals surface area contributed by atoms with E-state index in [1.165, 1.54) is 7.11 Å². The minimum atomic E-state index is -0.536. The Balaban J connectivity index is 2.42. The van der Waals surface area contributed by atoms with Gasteiger partial charge in [0.05, 0.1) is 32.8 Å². The van der Waals surface area contributed by atoms with Crippen LogP contribution in [0.15, 0.2) is 24.3 Å². The molecule has 1 heterocycles. The van der Waals surface area contributed by atoms with Crippen molar-refractivity contribution in [2.45, 2.75) is 12.5 Å². The first-order valence-electron chi connectivity index (χ1n) is 7.13. The number of ether oxygens (including phenoxy) is 3. The molecule has 0 spiro atoms. The van der Waals surface area contributed by atoms with Crippen molar-refractivity contribution in [3.05, 3.63) is 29.8 Å². The fourth-order valence-electron chi connectivity index (χ4n) is 2.90. The molecule has 2 rings (SSSR count). The Labute approximate surface area is 129 Å². The quantitative estimate of drug-likeness (QED) is 0.743. The van der Waals surface area contributed by atoms with Crippen LogP contribution in [0.4, 0.5) is 0 Å². The van der Waals surface area contributed by atoms with Crippen LogP contribution < -0.4 is 4.74 Å². The highest BCUT2D eigenvalue weighted by Crippen LogP contribution is 2.42. The summed E-state index contributed by atoms with van der Waals surface area (Å²) in [6.45, 7) is 0.830. The highest BCUT2D eigenvalue weighted by molar-refractivity contribution is 5.88. The molecule has 0 N–H and O–H groups in total. The van der Waals surface area contributed by atoms with E-state index in [1.807, 2.05) is 24.3 Å². The van der Waals surface area contributed by atoms with Gasteiger partial charge in [-0.1, -0.05) is 18.2 Å². The van der Waals surface area contributed by atoms with Gasteiger partial charge in [-0.3, -0.25) is 9.59 Å². The van der Waals surface area contributed by atoms with Gasteiger partial charge in [0.2, 0.25) is 5.91 Å². The Morgan fingerprint density at radius 2 is 2.00 bits per heavy atom. The number of rotatable bonds is 6. The molecule has 22 heavy (non-hydrogen) atoms. The summed E-state index contributed by atoms with van der Waals surface area (Å²) in [5.74, 6) is -0.350. The van der Waals surface area contributed by atoms with Crippen molar-refractivity contribution in [1.82, 2.24) is 4.90 Å². The monoisotopic (exact) mass is 307 g/mol. The molecule has 6 nitrogen and oxygen atoms in total. The van der Waals surface area contributed by atoms with Gasteiger partial charge in [0.25, 0.3) is 0 Å². The molecule has 0 aliphatic carbocycles. The van der Waals surface area contributed by atoms with Gasteiger partial charge in [-0.15, -0.1) is 0 Å². The number of benzene rings is 1. The van der Waals surface area contributed by atoms with Crippen LogP contribution in [0, 0.1) is 5.92 Å². The second kappa shape index (κ2) is 7.26. The van der Waals surface area contributed by atoms with Crippen LogP contribution in [0.1, 0.15) is 18.0 Å². The molecule has 120 valence electrons. The highest BCUT2D eigenvalue weighted by atomic mass is 16.5. The molecular weight excluding hydrogens is 286 g/mol. The normalized spacial score (nSPS) is 21.0. The third-order valence-electron chi connectivity index (χ3n) is 3.93. The number of methoxy groups -OCH3 is 3. The molecule has 1 amide bonds. The summed E-state index contributed by atoms with van der Waals surface area (Å²) in [7, 11) is 4.49. The fraction of sp³-hybridized carbons (Fsp3) is 0.500. The standard InChI is InChI=1S/C16H21NO5/c1-20-9-8-17-14(18)10-12(16(19)22-3)15(17)11-6-4-5-7-13(11)21-2/h4-7,12,15H,8-10H2,1-3H3. The van der Waals surface area contributed by atoms with Gasteiger partial charge in [-0.2, -0.15) is 0 Å². The first kappa shape index (κ1) is 16.3. The van der Waals surface area contributed by atoms with E-state index in [1.54, 1.807) is 19.1 Å². The Morgan fingerprint density at radius 3 is 2.64 bits per heavy atom. The maximum absolute atomic E-state index is 12.3. The van der Waals surface area contributed by atoms with Crippen molar-refractivity contribution in [3.63, 3.8) is 0 Å². The van der Waals surface area contributed by atoms with Crippen LogP contribution >= 0.6 is 0 Å². The zero-order valence-corrected chi connectivity index (χ0v) is 13.1. The number of para-hydroxylation sites is 1. The molecule has 6 heteroatoms. The van der Waals surface area contributed by atoms with Crippen molar-refractivity contribution in [3.8, 4) is 5.75 Å². The van der Waals surface area contributed by atoms with Gasteiger partial charge in [0.15, 0.2) is 0 Å². The van der Waals surface area contributed by atoms with E-state index >= 15 is 0 Å². The largest absolute Gasteiger partial charge is 0.496 e. The third-order valence-corrected chi connectivity index (χ3v) is 3.93. The Kier molecular flexibility index (Phi) is 5.38. The number of esters is 1. The lowest BCUT2D eigenvalue weighted by atomic mass is 9.93. The molecule has 0 bridgehead atoms. The fourth-order valence-corrected chi connectivity index (χ4v) is 2.90. The van der Waals surface area contributed by atoms with Crippen molar-refractivity contribution in [1.29, 1.82) is 0 Å². The molecule has 1 aromatic rings. The molecule has 1 aliphatic rings. The predicted octanol–water partition coefficient (Wildman–Crippen LogP) is 1.40. The highest BCUT2D eigenvalue weighted by Gasteiger charge is 2.45. The average molecular weight is 307 g/mol. The minimum Gasteiger partial charge on any atom is -0.496 e. The van der Waals surface area contributed by atoms with Gasteiger partial charge in [-0.25, -0.2) is 0 Å².